The predicted octanol–water partition coefficient (Wildman–Crippen LogP) is 2.14. The number of hydrogen-bond acceptors (Lipinski definition) is 3. The van der Waals surface area contributed by atoms with Gasteiger partial charge in [0.15, 0.2) is 0 Å². The van der Waals surface area contributed by atoms with Gasteiger partial charge in [0.1, 0.15) is 0 Å². The van der Waals surface area contributed by atoms with Crippen molar-refractivity contribution in [2.45, 2.75) is 13.5 Å². The van der Waals surface area contributed by atoms with Crippen molar-refractivity contribution in [3.05, 3.63) is 40.6 Å². The molecule has 1 heterocycles. The summed E-state index contributed by atoms with van der Waals surface area (Å²) in [5.74, 6) is 0. The summed E-state index contributed by atoms with van der Waals surface area (Å²) in [6, 6.07) is 7.97. The molecule has 84 valence electrons. The molecule has 0 aliphatic carbocycles. The zero-order valence-corrected chi connectivity index (χ0v) is 10.6. The smallest absolute Gasteiger partial charge is 0.0969 e. The highest BCUT2D eigenvalue weighted by Gasteiger charge is 2.02. The first-order valence-electron chi connectivity index (χ1n) is 5.17. The van der Waals surface area contributed by atoms with Gasteiger partial charge in [0.05, 0.1) is 17.6 Å². The Morgan fingerprint density at radius 3 is 3.06 bits per heavy atom. The van der Waals surface area contributed by atoms with Crippen LogP contribution >= 0.6 is 15.9 Å². The number of rotatable bonds is 4. The zero-order chi connectivity index (χ0) is 11.4. The molecule has 0 saturated carbocycles. The first kappa shape index (κ1) is 11.3. The minimum Gasteiger partial charge on any atom is -0.311 e. The van der Waals surface area contributed by atoms with Crippen molar-refractivity contribution < 1.29 is 0 Å². The molecule has 1 aromatic heterocycles. The second-order valence-electron chi connectivity index (χ2n) is 3.41. The molecule has 1 N–H and O–H groups in total. The fraction of sp³-hybridized carbons (Fsp3) is 0.273. The first-order chi connectivity index (χ1) is 7.79. The van der Waals surface area contributed by atoms with E-state index in [4.69, 9.17) is 0 Å². The van der Waals surface area contributed by atoms with Gasteiger partial charge in [-0.05, 0) is 24.7 Å². The highest BCUT2D eigenvalue weighted by Crippen LogP contribution is 2.14. The lowest BCUT2D eigenvalue weighted by Crippen LogP contribution is -2.11. The van der Waals surface area contributed by atoms with E-state index >= 15 is 0 Å². The Morgan fingerprint density at radius 2 is 2.31 bits per heavy atom. The van der Waals surface area contributed by atoms with E-state index in [1.54, 1.807) is 4.68 Å². The zero-order valence-electron chi connectivity index (χ0n) is 9.02. The first-order valence-corrected chi connectivity index (χ1v) is 5.97. The van der Waals surface area contributed by atoms with Crippen molar-refractivity contribution in [3.8, 4) is 5.69 Å². The molecule has 5 heteroatoms. The van der Waals surface area contributed by atoms with Gasteiger partial charge in [-0.15, -0.1) is 5.10 Å². The van der Waals surface area contributed by atoms with Gasteiger partial charge in [-0.2, -0.15) is 0 Å². The van der Waals surface area contributed by atoms with Crippen LogP contribution in [0.25, 0.3) is 5.69 Å². The van der Waals surface area contributed by atoms with Crippen molar-refractivity contribution in [1.82, 2.24) is 20.3 Å². The van der Waals surface area contributed by atoms with Gasteiger partial charge in [-0.3, -0.25) is 0 Å². The lowest BCUT2D eigenvalue weighted by molar-refractivity contribution is 0.705. The largest absolute Gasteiger partial charge is 0.311 e. The van der Waals surface area contributed by atoms with Crippen LogP contribution in [-0.2, 0) is 6.54 Å². The van der Waals surface area contributed by atoms with Crippen LogP contribution in [0.5, 0.6) is 0 Å². The summed E-state index contributed by atoms with van der Waals surface area (Å²) in [5, 5.41) is 11.4. The number of benzene rings is 1. The van der Waals surface area contributed by atoms with Gasteiger partial charge < -0.3 is 5.32 Å². The summed E-state index contributed by atoms with van der Waals surface area (Å²) < 4.78 is 2.81. The van der Waals surface area contributed by atoms with Crippen molar-refractivity contribution in [2.75, 3.05) is 6.54 Å². The van der Waals surface area contributed by atoms with Gasteiger partial charge in [0.25, 0.3) is 0 Å². The molecule has 0 bridgehead atoms. The summed E-state index contributed by atoms with van der Waals surface area (Å²) in [4.78, 5) is 0. The van der Waals surface area contributed by atoms with E-state index < -0.39 is 0 Å². The number of hydrogen-bond donors (Lipinski definition) is 1. The highest BCUT2D eigenvalue weighted by molar-refractivity contribution is 9.10. The molecule has 2 rings (SSSR count). The Balaban J connectivity index is 2.18. The van der Waals surface area contributed by atoms with Crippen molar-refractivity contribution in [1.29, 1.82) is 0 Å². The monoisotopic (exact) mass is 280 g/mol. The van der Waals surface area contributed by atoms with Crippen LogP contribution in [0.4, 0.5) is 0 Å². The molecule has 0 radical (unpaired) electrons. The molecular formula is C11H13BrN4. The second-order valence-corrected chi connectivity index (χ2v) is 4.33. The molecule has 2 aromatic rings. The van der Waals surface area contributed by atoms with E-state index in [2.05, 4.69) is 38.5 Å². The fourth-order valence-electron chi connectivity index (χ4n) is 1.38. The van der Waals surface area contributed by atoms with Gasteiger partial charge in [0, 0.05) is 11.0 Å². The molecule has 0 atom stereocenters. The molecule has 0 unspecified atom stereocenters. The van der Waals surface area contributed by atoms with Crippen LogP contribution in [0.3, 0.4) is 0 Å². The molecule has 1 aromatic carbocycles. The summed E-state index contributed by atoms with van der Waals surface area (Å²) in [7, 11) is 0. The topological polar surface area (TPSA) is 42.7 Å². The normalized spacial score (nSPS) is 10.6. The molecule has 0 aliphatic heterocycles. The summed E-state index contributed by atoms with van der Waals surface area (Å²) in [6.45, 7) is 3.76. The van der Waals surface area contributed by atoms with E-state index in [0.29, 0.717) is 0 Å². The number of nitrogens with zero attached hydrogens (tertiary/aromatic N) is 3. The molecule has 0 spiro atoms. The van der Waals surface area contributed by atoms with Crippen molar-refractivity contribution in [2.24, 2.45) is 0 Å². The number of aromatic nitrogens is 3. The third kappa shape index (κ3) is 2.68. The fourth-order valence-corrected chi connectivity index (χ4v) is 1.76. The molecular weight excluding hydrogens is 268 g/mol. The summed E-state index contributed by atoms with van der Waals surface area (Å²) >= 11 is 3.43. The van der Waals surface area contributed by atoms with Gasteiger partial charge in [-0.25, -0.2) is 4.68 Å². The third-order valence-corrected chi connectivity index (χ3v) is 2.66. The van der Waals surface area contributed by atoms with Crippen LogP contribution in [0.15, 0.2) is 34.9 Å². The molecule has 16 heavy (non-hydrogen) atoms. The molecule has 0 saturated heterocycles. The van der Waals surface area contributed by atoms with Crippen LogP contribution in [-0.4, -0.2) is 21.5 Å². The Bertz CT molecular complexity index is 467. The maximum Gasteiger partial charge on any atom is 0.0969 e. The van der Waals surface area contributed by atoms with E-state index in [9.17, 15) is 0 Å². The average Bonchev–Trinajstić information content (AvgIpc) is 2.75. The van der Waals surface area contributed by atoms with Gasteiger partial charge >= 0.3 is 0 Å². The number of nitrogens with one attached hydrogen (secondary N) is 1. The van der Waals surface area contributed by atoms with Crippen LogP contribution in [0.1, 0.15) is 12.6 Å². The number of halogens is 1. The van der Waals surface area contributed by atoms with E-state index in [-0.39, 0.29) is 0 Å². The van der Waals surface area contributed by atoms with Crippen molar-refractivity contribution in [3.63, 3.8) is 0 Å². The quantitative estimate of drug-likeness (QED) is 0.933. The van der Waals surface area contributed by atoms with Crippen LogP contribution in [0.2, 0.25) is 0 Å². The van der Waals surface area contributed by atoms with Crippen LogP contribution in [0, 0.1) is 0 Å². The van der Waals surface area contributed by atoms with Crippen molar-refractivity contribution >= 4 is 15.9 Å². The van der Waals surface area contributed by atoms with E-state index in [0.717, 1.165) is 28.9 Å². The molecule has 0 aliphatic rings. The van der Waals surface area contributed by atoms with Gasteiger partial charge in [0.2, 0.25) is 0 Å². The predicted molar refractivity (Wildman–Crippen MR) is 66.4 cm³/mol. The lowest BCUT2D eigenvalue weighted by Gasteiger charge is -1.99. The minimum absolute atomic E-state index is 0.754. The maximum absolute atomic E-state index is 4.09. The summed E-state index contributed by atoms with van der Waals surface area (Å²) in [6.07, 6.45) is 1.93. The van der Waals surface area contributed by atoms with E-state index in [1.165, 1.54) is 0 Å². The lowest BCUT2D eigenvalue weighted by atomic mass is 10.3. The standard InChI is InChI=1S/C11H13BrN4/c1-2-13-7-10-8-16(15-14-10)11-5-3-4-9(12)6-11/h3-6,8,13H,2,7H2,1H3. The Morgan fingerprint density at radius 1 is 1.44 bits per heavy atom. The highest BCUT2D eigenvalue weighted by atomic mass is 79.9. The minimum atomic E-state index is 0.754. The van der Waals surface area contributed by atoms with Gasteiger partial charge in [-0.1, -0.05) is 34.1 Å². The molecule has 0 fully saturated rings. The molecule has 4 nitrogen and oxygen atoms in total. The Hall–Kier alpha value is -1.20. The SMILES string of the molecule is CCNCc1cn(-c2cccc(Br)c2)nn1. The second kappa shape index (κ2) is 5.23. The third-order valence-electron chi connectivity index (χ3n) is 2.17. The average molecular weight is 281 g/mol. The molecule has 0 amide bonds. The Kier molecular flexibility index (Phi) is 3.69. The summed E-state index contributed by atoms with van der Waals surface area (Å²) in [5.41, 5.74) is 1.95. The Labute approximate surface area is 103 Å². The van der Waals surface area contributed by atoms with Crippen LogP contribution < -0.4 is 5.32 Å². The maximum atomic E-state index is 4.09. The van der Waals surface area contributed by atoms with E-state index in [1.807, 2.05) is 30.5 Å².